The molecule has 0 radical (unpaired) electrons. The molecule has 0 atom stereocenters. The third-order valence-electron chi connectivity index (χ3n) is 11.1. The molecule has 1 heterocycles. The van der Waals surface area contributed by atoms with Gasteiger partial charge < -0.3 is 9.47 Å². The summed E-state index contributed by atoms with van der Waals surface area (Å²) in [4.78, 5) is 2.30. The molecule has 56 heavy (non-hydrogen) atoms. The molecule has 0 aliphatic heterocycles. The predicted octanol–water partition coefficient (Wildman–Crippen LogP) is 15.0. The molecule has 2 nitrogen and oxygen atoms in total. The summed E-state index contributed by atoms with van der Waals surface area (Å²) in [6.07, 6.45) is 0. The quantitative estimate of drug-likeness (QED) is 0.166. The second-order valence-corrected chi connectivity index (χ2v) is 14.3. The lowest BCUT2D eigenvalue weighted by molar-refractivity contribution is 1.18. The molecule has 11 rings (SSSR count). The van der Waals surface area contributed by atoms with E-state index in [1.54, 1.807) is 0 Å². The molecule has 0 fully saturated rings. The molecule has 1 aromatic heterocycles. The Morgan fingerprint density at radius 2 is 1.00 bits per heavy atom. The standard InChI is InChI=1S/C54H36N2/c1-2-21-43(22-3-1)55(46-32-30-37-14-4-5-17-40(37)34-46)44-23-10-19-41(35-44)42-20-11-24-45(36-42)56-51-29-13-28-50(49-27-12-18-38-15-6-8-25-47(38)49)54(51)53-48-26-9-7-16-39(48)31-33-52(53)56/h1-36H/i13D,28D,29D. The monoisotopic (exact) mass is 715 g/mol. The molecule has 0 saturated heterocycles. The van der Waals surface area contributed by atoms with Gasteiger partial charge in [0.25, 0.3) is 0 Å². The minimum atomic E-state index is -0.0904. The normalized spacial score (nSPS) is 12.3. The van der Waals surface area contributed by atoms with E-state index < -0.39 is 0 Å². The average molecular weight is 716 g/mol. The summed E-state index contributed by atoms with van der Waals surface area (Å²) in [5.74, 6) is 0. The van der Waals surface area contributed by atoms with Gasteiger partial charge in [-0.05, 0) is 115 Å². The molecule has 11 aromatic rings. The highest BCUT2D eigenvalue weighted by molar-refractivity contribution is 6.26. The summed E-state index contributed by atoms with van der Waals surface area (Å²) >= 11 is 0. The van der Waals surface area contributed by atoms with Crippen LogP contribution >= 0.6 is 0 Å². The minimum Gasteiger partial charge on any atom is -0.310 e. The Kier molecular flexibility index (Phi) is 6.81. The van der Waals surface area contributed by atoms with Crippen molar-refractivity contribution in [2.45, 2.75) is 0 Å². The lowest BCUT2D eigenvalue weighted by Gasteiger charge is -2.26. The Bertz CT molecular complexity index is 3440. The minimum absolute atomic E-state index is 0.0376. The topological polar surface area (TPSA) is 8.17 Å². The average Bonchev–Trinajstić information content (AvgIpc) is 3.64. The fourth-order valence-electron chi connectivity index (χ4n) is 8.54. The van der Waals surface area contributed by atoms with E-state index >= 15 is 0 Å². The van der Waals surface area contributed by atoms with E-state index in [-0.39, 0.29) is 18.1 Å². The van der Waals surface area contributed by atoms with Crippen molar-refractivity contribution in [3.05, 3.63) is 218 Å². The second-order valence-electron chi connectivity index (χ2n) is 14.3. The highest BCUT2D eigenvalue weighted by atomic mass is 15.1. The van der Waals surface area contributed by atoms with E-state index in [1.807, 2.05) is 30.3 Å². The molecule has 10 aromatic carbocycles. The van der Waals surface area contributed by atoms with Crippen LogP contribution in [0, 0.1) is 0 Å². The van der Waals surface area contributed by atoms with Gasteiger partial charge in [0.1, 0.15) is 0 Å². The number of fused-ring (bicyclic) bond motifs is 7. The van der Waals surface area contributed by atoms with Crippen LogP contribution in [0.5, 0.6) is 0 Å². The number of nitrogens with zero attached hydrogens (tertiary/aromatic N) is 2. The van der Waals surface area contributed by atoms with E-state index in [0.717, 1.165) is 77.3 Å². The number of para-hydroxylation sites is 1. The van der Waals surface area contributed by atoms with Crippen LogP contribution in [0.25, 0.3) is 82.1 Å². The lowest BCUT2D eigenvalue weighted by atomic mass is 9.93. The van der Waals surface area contributed by atoms with Crippen molar-refractivity contribution >= 4 is 71.2 Å². The highest BCUT2D eigenvalue weighted by Crippen LogP contribution is 2.44. The first-order chi connectivity index (χ1) is 29.0. The van der Waals surface area contributed by atoms with Crippen LogP contribution in [0.3, 0.4) is 0 Å². The van der Waals surface area contributed by atoms with Gasteiger partial charge in [-0.2, -0.15) is 0 Å². The first kappa shape index (κ1) is 29.0. The number of benzene rings is 10. The molecule has 0 N–H and O–H groups in total. The lowest BCUT2D eigenvalue weighted by Crippen LogP contribution is -2.09. The van der Waals surface area contributed by atoms with Crippen LogP contribution in [-0.4, -0.2) is 4.57 Å². The second kappa shape index (κ2) is 13.2. The Labute approximate surface area is 330 Å². The summed E-state index contributed by atoms with van der Waals surface area (Å²) in [5, 5.41) is 8.38. The van der Waals surface area contributed by atoms with Crippen molar-refractivity contribution in [2.24, 2.45) is 0 Å². The number of hydrogen-bond donors (Lipinski definition) is 0. The largest absolute Gasteiger partial charge is 0.310 e. The van der Waals surface area contributed by atoms with Crippen LogP contribution in [0.2, 0.25) is 0 Å². The highest BCUT2D eigenvalue weighted by Gasteiger charge is 2.20. The summed E-state index contributed by atoms with van der Waals surface area (Å²) in [6, 6.07) is 69.7. The van der Waals surface area contributed by atoms with Crippen LogP contribution in [0.1, 0.15) is 4.11 Å². The van der Waals surface area contributed by atoms with Crippen molar-refractivity contribution in [3.8, 4) is 27.9 Å². The maximum Gasteiger partial charge on any atom is 0.0645 e. The molecular formula is C54H36N2. The summed E-state index contributed by atoms with van der Waals surface area (Å²) in [7, 11) is 0. The zero-order chi connectivity index (χ0) is 39.6. The zero-order valence-electron chi connectivity index (χ0n) is 33.4. The van der Waals surface area contributed by atoms with E-state index in [9.17, 15) is 4.11 Å². The van der Waals surface area contributed by atoms with Gasteiger partial charge in [-0.25, -0.2) is 0 Å². The predicted molar refractivity (Wildman–Crippen MR) is 239 cm³/mol. The van der Waals surface area contributed by atoms with Gasteiger partial charge in [-0.1, -0.05) is 158 Å². The molecule has 0 saturated carbocycles. The third kappa shape index (κ3) is 5.26. The molecule has 0 amide bonds. The number of rotatable bonds is 6. The summed E-state index contributed by atoms with van der Waals surface area (Å²) < 4.78 is 30.4. The first-order valence-electron chi connectivity index (χ1n) is 20.5. The van der Waals surface area contributed by atoms with Gasteiger partial charge in [0.2, 0.25) is 0 Å². The van der Waals surface area contributed by atoms with Crippen LogP contribution in [0.4, 0.5) is 17.1 Å². The van der Waals surface area contributed by atoms with E-state index in [4.69, 9.17) is 0 Å². The van der Waals surface area contributed by atoms with E-state index in [0.29, 0.717) is 11.1 Å². The molecule has 2 heteroatoms. The van der Waals surface area contributed by atoms with Crippen molar-refractivity contribution in [1.82, 2.24) is 4.57 Å². The van der Waals surface area contributed by atoms with E-state index in [2.05, 4.69) is 179 Å². The third-order valence-corrected chi connectivity index (χ3v) is 11.1. The molecule has 0 bridgehead atoms. The van der Waals surface area contributed by atoms with E-state index in [1.165, 1.54) is 10.8 Å². The van der Waals surface area contributed by atoms with Crippen molar-refractivity contribution in [3.63, 3.8) is 0 Å². The Morgan fingerprint density at radius 1 is 0.375 bits per heavy atom. The van der Waals surface area contributed by atoms with Crippen LogP contribution in [-0.2, 0) is 0 Å². The maximum absolute atomic E-state index is 9.55. The Morgan fingerprint density at radius 3 is 1.86 bits per heavy atom. The summed E-state index contributed by atoms with van der Waals surface area (Å²) in [5.41, 5.74) is 9.24. The van der Waals surface area contributed by atoms with Crippen molar-refractivity contribution in [1.29, 1.82) is 0 Å². The van der Waals surface area contributed by atoms with Crippen LogP contribution < -0.4 is 4.90 Å². The molecule has 0 aliphatic rings. The fraction of sp³-hybridized carbons (Fsp3) is 0. The Hall–Kier alpha value is -7.42. The molecule has 0 spiro atoms. The van der Waals surface area contributed by atoms with Gasteiger partial charge in [0.05, 0.1) is 15.1 Å². The SMILES string of the molecule is [2H]c1c([2H])c([2H])c2c(c1-c1cccc3ccccc13)c1c3ccccc3ccc1n2-c1cccc(-c2cccc(N(c3ccccc3)c3ccc4ccccc4c3)c2)c1. The van der Waals surface area contributed by atoms with Gasteiger partial charge in [-0.3, -0.25) is 0 Å². The smallest absolute Gasteiger partial charge is 0.0645 e. The molecular weight excluding hydrogens is 677 g/mol. The number of aromatic nitrogens is 1. The molecule has 262 valence electrons. The Balaban J connectivity index is 1.14. The van der Waals surface area contributed by atoms with Crippen molar-refractivity contribution < 1.29 is 4.11 Å². The summed E-state index contributed by atoms with van der Waals surface area (Å²) in [6.45, 7) is 0. The number of anilines is 3. The zero-order valence-corrected chi connectivity index (χ0v) is 30.4. The van der Waals surface area contributed by atoms with Gasteiger partial charge >= 0.3 is 0 Å². The molecule has 0 aliphatic carbocycles. The molecule has 0 unspecified atom stereocenters. The first-order valence-corrected chi connectivity index (χ1v) is 19.0. The fourth-order valence-corrected chi connectivity index (χ4v) is 8.54. The van der Waals surface area contributed by atoms with Gasteiger partial charge in [0.15, 0.2) is 0 Å². The number of hydrogen-bond acceptors (Lipinski definition) is 1. The van der Waals surface area contributed by atoms with Crippen molar-refractivity contribution in [2.75, 3.05) is 4.90 Å². The van der Waals surface area contributed by atoms with Gasteiger partial charge in [-0.15, -0.1) is 0 Å². The van der Waals surface area contributed by atoms with Crippen LogP contribution in [0.15, 0.2) is 218 Å². The maximum atomic E-state index is 9.55. The van der Waals surface area contributed by atoms with Gasteiger partial charge in [0, 0.05) is 33.5 Å².